The van der Waals surface area contributed by atoms with Crippen LogP contribution in [0.5, 0.6) is 5.75 Å². The molecule has 1 nitrogen and oxygen atoms in total. The fourth-order valence-electron chi connectivity index (χ4n) is 4.23. The molecule has 1 heteroatoms. The zero-order valence-electron chi connectivity index (χ0n) is 16.8. The molecule has 0 N–H and O–H groups in total. The van der Waals surface area contributed by atoms with Gasteiger partial charge in [0.2, 0.25) is 0 Å². The van der Waals surface area contributed by atoms with Crippen molar-refractivity contribution in [3.8, 4) is 5.75 Å². The van der Waals surface area contributed by atoms with Crippen LogP contribution in [0.1, 0.15) is 96.5 Å². The van der Waals surface area contributed by atoms with Crippen molar-refractivity contribution in [2.75, 3.05) is 6.61 Å². The van der Waals surface area contributed by atoms with E-state index in [0.717, 1.165) is 30.6 Å². The van der Waals surface area contributed by atoms with E-state index in [-0.39, 0.29) is 0 Å². The first-order valence-corrected chi connectivity index (χ1v) is 11.0. The van der Waals surface area contributed by atoms with Crippen molar-refractivity contribution in [3.63, 3.8) is 0 Å². The Hall–Kier alpha value is -0.980. The molecule has 2 rings (SSSR count). The molecule has 0 amide bonds. The molecular weight excluding hydrogens is 304 g/mol. The topological polar surface area (TPSA) is 9.23 Å². The number of unbranched alkanes of at least 4 members (excludes halogenated alkanes) is 3. The lowest BCUT2D eigenvalue weighted by atomic mass is 9.78. The first kappa shape index (κ1) is 20.3. The minimum absolute atomic E-state index is 0.820. The Balaban J connectivity index is 1.53. The zero-order chi connectivity index (χ0) is 17.7. The maximum atomic E-state index is 5.65. The minimum Gasteiger partial charge on any atom is -0.494 e. The fourth-order valence-corrected chi connectivity index (χ4v) is 4.23. The average Bonchev–Trinajstić information content (AvgIpc) is 2.66. The van der Waals surface area contributed by atoms with E-state index >= 15 is 0 Å². The van der Waals surface area contributed by atoms with E-state index in [9.17, 15) is 0 Å². The van der Waals surface area contributed by atoms with Gasteiger partial charge >= 0.3 is 0 Å². The summed E-state index contributed by atoms with van der Waals surface area (Å²) in [5.74, 6) is 3.09. The first-order valence-electron chi connectivity index (χ1n) is 11.0. The van der Waals surface area contributed by atoms with E-state index in [1.54, 1.807) is 0 Å². The van der Waals surface area contributed by atoms with Crippen LogP contribution in [0.2, 0.25) is 0 Å². The Morgan fingerprint density at radius 2 is 1.36 bits per heavy atom. The molecule has 0 spiro atoms. The molecule has 1 aromatic carbocycles. The van der Waals surface area contributed by atoms with E-state index in [0.29, 0.717) is 0 Å². The number of hydrogen-bond donors (Lipinski definition) is 0. The lowest BCUT2D eigenvalue weighted by Gasteiger charge is -2.28. The summed E-state index contributed by atoms with van der Waals surface area (Å²) in [6.45, 7) is 5.28. The lowest BCUT2D eigenvalue weighted by molar-refractivity contribution is 0.245. The third-order valence-electron chi connectivity index (χ3n) is 5.91. The van der Waals surface area contributed by atoms with Crippen molar-refractivity contribution in [1.29, 1.82) is 0 Å². The van der Waals surface area contributed by atoms with Gasteiger partial charge in [-0.15, -0.1) is 0 Å². The molecule has 1 aliphatic carbocycles. The van der Waals surface area contributed by atoms with E-state index < -0.39 is 0 Å². The number of benzene rings is 1. The van der Waals surface area contributed by atoms with Gasteiger partial charge in [0.15, 0.2) is 0 Å². The van der Waals surface area contributed by atoms with Gasteiger partial charge in [0.05, 0.1) is 6.61 Å². The number of hydrogen-bond acceptors (Lipinski definition) is 1. The van der Waals surface area contributed by atoms with Crippen LogP contribution in [0, 0.1) is 11.8 Å². The van der Waals surface area contributed by atoms with Gasteiger partial charge in [0.1, 0.15) is 5.75 Å². The zero-order valence-corrected chi connectivity index (χ0v) is 16.8. The van der Waals surface area contributed by atoms with E-state index in [2.05, 4.69) is 38.1 Å². The fraction of sp³-hybridized carbons (Fsp3) is 0.750. The van der Waals surface area contributed by atoms with Crippen LogP contribution in [0.4, 0.5) is 0 Å². The van der Waals surface area contributed by atoms with Crippen LogP contribution in [0.15, 0.2) is 24.3 Å². The Bertz CT molecular complexity index is 428. The van der Waals surface area contributed by atoms with Gasteiger partial charge in [-0.3, -0.25) is 0 Å². The molecule has 1 saturated carbocycles. The molecule has 0 aliphatic heterocycles. The van der Waals surface area contributed by atoms with Crippen LogP contribution in [0.25, 0.3) is 0 Å². The molecule has 0 aromatic heterocycles. The summed E-state index contributed by atoms with van der Waals surface area (Å²) in [5, 5.41) is 0. The highest BCUT2D eigenvalue weighted by molar-refractivity contribution is 5.27. The summed E-state index contributed by atoms with van der Waals surface area (Å²) in [6.07, 6.45) is 18.3. The van der Waals surface area contributed by atoms with Crippen LogP contribution >= 0.6 is 0 Å². The van der Waals surface area contributed by atoms with Crippen LogP contribution in [-0.4, -0.2) is 6.61 Å². The first-order chi connectivity index (χ1) is 12.3. The van der Waals surface area contributed by atoms with Crippen molar-refractivity contribution >= 4 is 0 Å². The molecule has 0 heterocycles. The summed E-state index contributed by atoms with van der Waals surface area (Å²) >= 11 is 0. The molecule has 0 atom stereocenters. The summed E-state index contributed by atoms with van der Waals surface area (Å²) in [6, 6.07) is 8.74. The largest absolute Gasteiger partial charge is 0.494 e. The maximum absolute atomic E-state index is 5.65. The van der Waals surface area contributed by atoms with Gasteiger partial charge in [0.25, 0.3) is 0 Å². The Morgan fingerprint density at radius 3 is 1.92 bits per heavy atom. The van der Waals surface area contributed by atoms with E-state index in [4.69, 9.17) is 4.74 Å². The second kappa shape index (κ2) is 12.4. The molecule has 0 unspecified atom stereocenters. The second-order valence-electron chi connectivity index (χ2n) is 8.12. The monoisotopic (exact) mass is 344 g/mol. The molecule has 1 fully saturated rings. The molecule has 25 heavy (non-hydrogen) atoms. The molecule has 1 aromatic rings. The molecule has 0 radical (unpaired) electrons. The van der Waals surface area contributed by atoms with Crippen molar-refractivity contribution in [3.05, 3.63) is 29.8 Å². The molecule has 0 saturated heterocycles. The Labute approximate surface area is 156 Å². The Kier molecular flexibility index (Phi) is 10.1. The predicted octanol–water partition coefficient (Wildman–Crippen LogP) is 7.57. The van der Waals surface area contributed by atoms with Gasteiger partial charge in [-0.05, 0) is 48.8 Å². The summed E-state index contributed by atoms with van der Waals surface area (Å²) in [7, 11) is 0. The summed E-state index contributed by atoms with van der Waals surface area (Å²) in [4.78, 5) is 0. The van der Waals surface area contributed by atoms with Crippen LogP contribution < -0.4 is 4.74 Å². The third-order valence-corrected chi connectivity index (χ3v) is 5.91. The highest BCUT2D eigenvalue weighted by Crippen LogP contribution is 2.34. The van der Waals surface area contributed by atoms with Gasteiger partial charge < -0.3 is 4.74 Å². The predicted molar refractivity (Wildman–Crippen MR) is 109 cm³/mol. The second-order valence-corrected chi connectivity index (χ2v) is 8.12. The van der Waals surface area contributed by atoms with Gasteiger partial charge in [-0.2, -0.15) is 0 Å². The molecular formula is C24H40O. The van der Waals surface area contributed by atoms with Gasteiger partial charge in [-0.25, -0.2) is 0 Å². The highest BCUT2D eigenvalue weighted by atomic mass is 16.5. The van der Waals surface area contributed by atoms with Crippen molar-refractivity contribution in [1.82, 2.24) is 0 Å². The third kappa shape index (κ3) is 8.29. The highest BCUT2D eigenvalue weighted by Gasteiger charge is 2.20. The van der Waals surface area contributed by atoms with E-state index in [1.165, 1.54) is 82.6 Å². The van der Waals surface area contributed by atoms with Gasteiger partial charge in [-0.1, -0.05) is 90.2 Å². The summed E-state index contributed by atoms with van der Waals surface area (Å²) in [5.41, 5.74) is 1.46. The normalized spacial score (nSPS) is 20.6. The van der Waals surface area contributed by atoms with E-state index in [1.807, 2.05) is 0 Å². The van der Waals surface area contributed by atoms with Crippen LogP contribution in [0.3, 0.4) is 0 Å². The molecule has 142 valence electrons. The minimum atomic E-state index is 0.820. The van der Waals surface area contributed by atoms with Crippen LogP contribution in [-0.2, 0) is 6.42 Å². The number of ether oxygens (including phenoxy) is 1. The lowest BCUT2D eigenvalue weighted by Crippen LogP contribution is -2.14. The quantitative estimate of drug-likeness (QED) is 0.355. The standard InChI is InChI=1S/C24H40O/c1-3-5-6-9-21-12-14-22(15-13-21)10-7-8-11-23-16-18-24(19-17-23)25-20-4-2/h16-19,21-22H,3-15,20H2,1-2H3. The Morgan fingerprint density at radius 1 is 0.760 bits per heavy atom. The van der Waals surface area contributed by atoms with Crippen molar-refractivity contribution in [2.24, 2.45) is 11.8 Å². The van der Waals surface area contributed by atoms with Crippen molar-refractivity contribution in [2.45, 2.75) is 97.3 Å². The smallest absolute Gasteiger partial charge is 0.119 e. The SMILES string of the molecule is CCCCCC1CCC(CCCCc2ccc(OCCC)cc2)CC1. The summed E-state index contributed by atoms with van der Waals surface area (Å²) < 4.78 is 5.65. The number of aryl methyl sites for hydroxylation is 1. The average molecular weight is 345 g/mol. The van der Waals surface area contributed by atoms with Crippen molar-refractivity contribution < 1.29 is 4.74 Å². The van der Waals surface area contributed by atoms with Gasteiger partial charge in [0, 0.05) is 0 Å². The number of rotatable bonds is 12. The molecule has 0 bridgehead atoms. The maximum Gasteiger partial charge on any atom is 0.119 e. The molecule has 1 aliphatic rings.